The van der Waals surface area contributed by atoms with Gasteiger partial charge in [0.2, 0.25) is 0 Å². The van der Waals surface area contributed by atoms with Gasteiger partial charge in [-0.3, -0.25) is 4.98 Å². The van der Waals surface area contributed by atoms with Crippen molar-refractivity contribution in [2.24, 2.45) is 5.92 Å². The number of aromatic nitrogens is 1. The summed E-state index contributed by atoms with van der Waals surface area (Å²) in [5.41, 5.74) is 1.03. The summed E-state index contributed by atoms with van der Waals surface area (Å²) in [5, 5.41) is 3.13. The molecule has 2 heterocycles. The zero-order valence-electron chi connectivity index (χ0n) is 15.8. The van der Waals surface area contributed by atoms with Crippen molar-refractivity contribution < 1.29 is 9.53 Å². The molecule has 0 spiro atoms. The van der Waals surface area contributed by atoms with Crippen LogP contribution in [0.5, 0.6) is 0 Å². The van der Waals surface area contributed by atoms with Crippen LogP contribution in [-0.4, -0.2) is 66.8 Å². The van der Waals surface area contributed by atoms with Crippen LogP contribution in [0.1, 0.15) is 32.3 Å². The smallest absolute Gasteiger partial charge is 0.317 e. The Morgan fingerprint density at radius 1 is 1.52 bits per heavy atom. The zero-order chi connectivity index (χ0) is 18.1. The van der Waals surface area contributed by atoms with E-state index in [0.717, 1.165) is 18.7 Å². The number of hydrogen-bond acceptors (Lipinski definition) is 4. The van der Waals surface area contributed by atoms with Crippen LogP contribution in [0.3, 0.4) is 0 Å². The molecular weight excluding hydrogens is 316 g/mol. The molecule has 0 aliphatic carbocycles. The first-order valence-corrected chi connectivity index (χ1v) is 9.24. The third-order valence-electron chi connectivity index (χ3n) is 4.77. The van der Waals surface area contributed by atoms with Crippen LogP contribution >= 0.6 is 0 Å². The van der Waals surface area contributed by atoms with E-state index in [1.165, 1.54) is 19.4 Å². The van der Waals surface area contributed by atoms with Crippen molar-refractivity contribution in [1.29, 1.82) is 0 Å². The summed E-state index contributed by atoms with van der Waals surface area (Å²) in [4.78, 5) is 21.1. The maximum atomic E-state index is 12.6. The Morgan fingerprint density at radius 3 is 3.04 bits per heavy atom. The fourth-order valence-electron chi connectivity index (χ4n) is 3.24. The van der Waals surface area contributed by atoms with Gasteiger partial charge < -0.3 is 19.9 Å². The van der Waals surface area contributed by atoms with Gasteiger partial charge in [-0.1, -0.05) is 6.07 Å². The lowest BCUT2D eigenvalue weighted by molar-refractivity contribution is 0.130. The van der Waals surface area contributed by atoms with E-state index in [0.29, 0.717) is 31.7 Å². The van der Waals surface area contributed by atoms with Gasteiger partial charge in [-0.2, -0.15) is 0 Å². The third-order valence-corrected chi connectivity index (χ3v) is 4.77. The number of likely N-dealkylation sites (tertiary alicyclic amines) is 1. The first-order valence-electron chi connectivity index (χ1n) is 9.24. The topological polar surface area (TPSA) is 57.7 Å². The molecule has 25 heavy (non-hydrogen) atoms. The lowest BCUT2D eigenvalue weighted by Gasteiger charge is -2.35. The van der Waals surface area contributed by atoms with E-state index in [1.807, 2.05) is 12.1 Å². The molecule has 1 aliphatic heterocycles. The van der Waals surface area contributed by atoms with Crippen molar-refractivity contribution in [3.8, 4) is 0 Å². The van der Waals surface area contributed by atoms with Gasteiger partial charge in [0.1, 0.15) is 0 Å². The van der Waals surface area contributed by atoms with Crippen LogP contribution in [0.4, 0.5) is 4.79 Å². The van der Waals surface area contributed by atoms with Gasteiger partial charge in [-0.25, -0.2) is 4.79 Å². The molecule has 140 valence electrons. The highest BCUT2D eigenvalue weighted by Crippen LogP contribution is 2.17. The number of pyridine rings is 1. The number of ether oxygens (including phenoxy) is 1. The zero-order valence-corrected chi connectivity index (χ0v) is 15.8. The second kappa shape index (κ2) is 10.4. The Morgan fingerprint density at radius 2 is 2.36 bits per heavy atom. The van der Waals surface area contributed by atoms with Crippen LogP contribution in [0, 0.1) is 5.92 Å². The largest absolute Gasteiger partial charge is 0.383 e. The van der Waals surface area contributed by atoms with Gasteiger partial charge in [-0.15, -0.1) is 0 Å². The van der Waals surface area contributed by atoms with Gasteiger partial charge in [0, 0.05) is 51.7 Å². The summed E-state index contributed by atoms with van der Waals surface area (Å²) in [6.45, 7) is 9.09. The number of urea groups is 1. The molecule has 1 atom stereocenters. The number of nitrogens with zero attached hydrogens (tertiary/aromatic N) is 3. The molecule has 0 bridgehead atoms. The second-order valence-corrected chi connectivity index (χ2v) is 7.06. The van der Waals surface area contributed by atoms with Gasteiger partial charge in [0.15, 0.2) is 0 Å². The van der Waals surface area contributed by atoms with Crippen molar-refractivity contribution in [2.45, 2.75) is 39.3 Å². The summed E-state index contributed by atoms with van der Waals surface area (Å²) in [5.74, 6) is 0.530. The van der Waals surface area contributed by atoms with Gasteiger partial charge in [0.05, 0.1) is 6.61 Å². The molecule has 2 rings (SSSR count). The van der Waals surface area contributed by atoms with E-state index in [-0.39, 0.29) is 6.03 Å². The summed E-state index contributed by atoms with van der Waals surface area (Å²) in [7, 11) is 1.66. The van der Waals surface area contributed by atoms with Crippen molar-refractivity contribution in [1.82, 2.24) is 20.1 Å². The predicted octanol–water partition coefficient (Wildman–Crippen LogP) is 2.36. The van der Waals surface area contributed by atoms with Crippen molar-refractivity contribution in [2.75, 3.05) is 39.9 Å². The Bertz CT molecular complexity index is 509. The number of methoxy groups -OCH3 is 1. The molecule has 2 amide bonds. The molecule has 0 saturated carbocycles. The highest BCUT2D eigenvalue weighted by Gasteiger charge is 2.23. The number of rotatable bonds is 8. The first kappa shape index (κ1) is 19.7. The molecule has 1 aromatic heterocycles. The Labute approximate surface area is 151 Å². The molecule has 1 aliphatic rings. The minimum absolute atomic E-state index is 0.0254. The second-order valence-electron chi connectivity index (χ2n) is 7.06. The van der Waals surface area contributed by atoms with E-state index in [9.17, 15) is 4.79 Å². The minimum Gasteiger partial charge on any atom is -0.383 e. The van der Waals surface area contributed by atoms with Crippen LogP contribution in [-0.2, 0) is 11.3 Å². The number of carbonyl (C=O) groups is 1. The predicted molar refractivity (Wildman–Crippen MR) is 99.4 cm³/mol. The maximum Gasteiger partial charge on any atom is 0.317 e. The summed E-state index contributed by atoms with van der Waals surface area (Å²) >= 11 is 0. The third kappa shape index (κ3) is 6.63. The van der Waals surface area contributed by atoms with E-state index >= 15 is 0 Å². The van der Waals surface area contributed by atoms with E-state index in [1.54, 1.807) is 24.4 Å². The van der Waals surface area contributed by atoms with E-state index in [2.05, 4.69) is 29.0 Å². The Kier molecular flexibility index (Phi) is 8.15. The number of amides is 2. The quantitative estimate of drug-likeness (QED) is 0.783. The highest BCUT2D eigenvalue weighted by molar-refractivity contribution is 5.74. The summed E-state index contributed by atoms with van der Waals surface area (Å²) < 4.78 is 5.15. The first-order chi connectivity index (χ1) is 12.1. The van der Waals surface area contributed by atoms with Gasteiger partial charge in [-0.05, 0) is 50.8 Å². The molecular formula is C19H32N4O2. The number of hydrogen-bond donors (Lipinski definition) is 1. The Balaban J connectivity index is 1.86. The fraction of sp³-hybridized carbons (Fsp3) is 0.684. The molecule has 6 nitrogen and oxygen atoms in total. The minimum atomic E-state index is -0.0254. The fourth-order valence-corrected chi connectivity index (χ4v) is 3.24. The van der Waals surface area contributed by atoms with Crippen molar-refractivity contribution in [3.05, 3.63) is 30.1 Å². The number of carbonyl (C=O) groups excluding carboxylic acids is 1. The van der Waals surface area contributed by atoms with Gasteiger partial charge >= 0.3 is 6.03 Å². The molecule has 0 aromatic carbocycles. The molecule has 1 unspecified atom stereocenters. The summed E-state index contributed by atoms with van der Waals surface area (Å²) in [6.07, 6.45) is 5.94. The number of piperidine rings is 1. The van der Waals surface area contributed by atoms with Gasteiger partial charge in [0.25, 0.3) is 0 Å². The van der Waals surface area contributed by atoms with Crippen molar-refractivity contribution >= 4 is 6.03 Å². The molecule has 1 N–H and O–H groups in total. The molecule has 0 radical (unpaired) electrons. The monoisotopic (exact) mass is 348 g/mol. The van der Waals surface area contributed by atoms with Crippen LogP contribution in [0.25, 0.3) is 0 Å². The molecule has 1 aromatic rings. The lowest BCUT2D eigenvalue weighted by atomic mass is 9.97. The van der Waals surface area contributed by atoms with Crippen LogP contribution < -0.4 is 5.32 Å². The van der Waals surface area contributed by atoms with E-state index in [4.69, 9.17) is 4.74 Å². The van der Waals surface area contributed by atoms with E-state index < -0.39 is 0 Å². The highest BCUT2D eigenvalue weighted by atomic mass is 16.5. The van der Waals surface area contributed by atoms with Crippen LogP contribution in [0.15, 0.2) is 24.5 Å². The lowest BCUT2D eigenvalue weighted by Crippen LogP contribution is -2.47. The number of nitrogens with one attached hydrogen (secondary N) is 1. The average molecular weight is 348 g/mol. The average Bonchev–Trinajstić information content (AvgIpc) is 2.64. The SMILES string of the molecule is COCCN(Cc1cccnc1)C(=O)NCC1CCCN(C(C)C)C1. The van der Waals surface area contributed by atoms with Crippen LogP contribution in [0.2, 0.25) is 0 Å². The standard InChI is InChI=1S/C19H32N4O2/c1-16(2)22-9-5-7-18(14-22)13-21-19(24)23(10-11-25-3)15-17-6-4-8-20-12-17/h4,6,8,12,16,18H,5,7,9-11,13-15H2,1-3H3,(H,21,24). The maximum absolute atomic E-state index is 12.6. The van der Waals surface area contributed by atoms with Crippen molar-refractivity contribution in [3.63, 3.8) is 0 Å². The Hall–Kier alpha value is -1.66. The summed E-state index contributed by atoms with van der Waals surface area (Å²) in [6, 6.07) is 4.43. The molecule has 6 heteroatoms. The molecule has 1 saturated heterocycles. The normalized spacial score (nSPS) is 18.3. The molecule has 1 fully saturated rings.